The van der Waals surface area contributed by atoms with Gasteiger partial charge in [-0.1, -0.05) is 0 Å². The van der Waals surface area contributed by atoms with Crippen LogP contribution in [0.4, 0.5) is 5.13 Å². The largest absolute Gasteiger partial charge is 0.390 e. The summed E-state index contributed by atoms with van der Waals surface area (Å²) < 4.78 is 2.15. The van der Waals surface area contributed by atoms with Gasteiger partial charge >= 0.3 is 0 Å². The van der Waals surface area contributed by atoms with E-state index in [2.05, 4.69) is 36.6 Å². The van der Waals surface area contributed by atoms with Crippen molar-refractivity contribution in [1.29, 1.82) is 0 Å². The van der Waals surface area contributed by atoms with Crippen LogP contribution < -0.4 is 4.90 Å². The second-order valence-electron chi connectivity index (χ2n) is 6.31. The van der Waals surface area contributed by atoms with Gasteiger partial charge in [0.2, 0.25) is 0 Å². The number of nitrogens with zero attached hydrogens (tertiary/aromatic N) is 6. The molecule has 1 saturated heterocycles. The first kappa shape index (κ1) is 16.4. The number of aliphatic hydroxyl groups is 1. The fraction of sp³-hybridized carbons (Fsp3) is 0.667. The molecule has 1 aliphatic rings. The van der Waals surface area contributed by atoms with Crippen molar-refractivity contribution in [1.82, 2.24) is 24.6 Å². The molecule has 0 spiro atoms. The third kappa shape index (κ3) is 3.54. The van der Waals surface area contributed by atoms with Gasteiger partial charge in [-0.3, -0.25) is 0 Å². The first-order valence-electron chi connectivity index (χ1n) is 7.91. The molecule has 0 atom stereocenters. The highest BCUT2D eigenvalue weighted by molar-refractivity contribution is 7.13. The van der Waals surface area contributed by atoms with Crippen molar-refractivity contribution in [3.8, 4) is 0 Å². The van der Waals surface area contributed by atoms with Gasteiger partial charge in [-0.25, -0.2) is 4.98 Å². The van der Waals surface area contributed by atoms with Gasteiger partial charge in [-0.15, -0.1) is 21.5 Å². The molecule has 0 unspecified atom stereocenters. The molecule has 7 nitrogen and oxygen atoms in total. The Morgan fingerprint density at radius 1 is 1.30 bits per heavy atom. The Labute approximate surface area is 140 Å². The number of aliphatic hydroxyl groups excluding tert-OH is 1. The van der Waals surface area contributed by atoms with E-state index in [-0.39, 0.29) is 6.61 Å². The maximum absolute atomic E-state index is 9.14. The monoisotopic (exact) mass is 336 g/mol. The summed E-state index contributed by atoms with van der Waals surface area (Å²) in [7, 11) is 6.15. The molecule has 1 N–H and O–H groups in total. The van der Waals surface area contributed by atoms with Gasteiger partial charge in [0.1, 0.15) is 11.6 Å². The SMILES string of the molecule is CN(C)Cc1nnc(C2CCN(c3nc(CO)cs3)CC2)n1C. The van der Waals surface area contributed by atoms with Gasteiger partial charge in [0.15, 0.2) is 5.13 Å². The zero-order valence-corrected chi connectivity index (χ0v) is 14.8. The van der Waals surface area contributed by atoms with Crippen molar-refractivity contribution in [3.63, 3.8) is 0 Å². The fourth-order valence-electron chi connectivity index (χ4n) is 2.99. The Bertz CT molecular complexity index is 644. The fourth-order valence-corrected chi connectivity index (χ4v) is 3.86. The first-order valence-corrected chi connectivity index (χ1v) is 8.79. The van der Waals surface area contributed by atoms with Crippen LogP contribution in [-0.2, 0) is 20.2 Å². The molecule has 0 amide bonds. The van der Waals surface area contributed by atoms with Crippen LogP contribution in [0.25, 0.3) is 0 Å². The molecule has 0 saturated carbocycles. The number of anilines is 1. The van der Waals surface area contributed by atoms with E-state index in [0.29, 0.717) is 5.92 Å². The van der Waals surface area contributed by atoms with Crippen LogP contribution in [0.1, 0.15) is 36.1 Å². The number of hydrogen-bond acceptors (Lipinski definition) is 7. The highest BCUT2D eigenvalue weighted by Crippen LogP contribution is 2.31. The van der Waals surface area contributed by atoms with E-state index in [1.807, 2.05) is 19.5 Å². The standard InChI is InChI=1S/C15H24N6OS/c1-19(2)8-13-17-18-14(20(13)3)11-4-6-21(7-5-11)15-16-12(9-22)10-23-15/h10-11,22H,4-9H2,1-3H3. The highest BCUT2D eigenvalue weighted by Gasteiger charge is 2.26. The Hall–Kier alpha value is -1.51. The Balaban J connectivity index is 1.63. The normalized spacial score (nSPS) is 16.5. The molecule has 0 radical (unpaired) electrons. The van der Waals surface area contributed by atoms with E-state index in [0.717, 1.165) is 55.0 Å². The van der Waals surface area contributed by atoms with Gasteiger partial charge in [-0.2, -0.15) is 0 Å². The lowest BCUT2D eigenvalue weighted by molar-refractivity contribution is 0.277. The topological polar surface area (TPSA) is 70.3 Å². The van der Waals surface area contributed by atoms with Gasteiger partial charge in [0.05, 0.1) is 18.8 Å². The summed E-state index contributed by atoms with van der Waals surface area (Å²) in [5.41, 5.74) is 0.758. The molecule has 3 heterocycles. The number of aromatic nitrogens is 4. The molecule has 0 aromatic carbocycles. The van der Waals surface area contributed by atoms with Crippen LogP contribution in [-0.4, -0.2) is 56.9 Å². The number of thiazole rings is 1. The number of hydrogen-bond donors (Lipinski definition) is 1. The molecular formula is C15H24N6OS. The molecule has 1 fully saturated rings. The van der Waals surface area contributed by atoms with E-state index in [1.54, 1.807) is 11.3 Å². The maximum Gasteiger partial charge on any atom is 0.185 e. The van der Waals surface area contributed by atoms with Crippen LogP contribution in [0.3, 0.4) is 0 Å². The molecule has 8 heteroatoms. The predicted octanol–water partition coefficient (Wildman–Crippen LogP) is 1.21. The summed E-state index contributed by atoms with van der Waals surface area (Å²) in [4.78, 5) is 8.87. The van der Waals surface area contributed by atoms with E-state index in [9.17, 15) is 0 Å². The lowest BCUT2D eigenvalue weighted by atomic mass is 9.96. The third-order valence-electron chi connectivity index (χ3n) is 4.29. The summed E-state index contributed by atoms with van der Waals surface area (Å²) in [6, 6.07) is 0. The Kier molecular flexibility index (Phi) is 4.93. The molecular weight excluding hydrogens is 312 g/mol. The third-order valence-corrected chi connectivity index (χ3v) is 5.24. The van der Waals surface area contributed by atoms with E-state index in [4.69, 9.17) is 5.11 Å². The molecule has 0 bridgehead atoms. The molecule has 23 heavy (non-hydrogen) atoms. The quantitative estimate of drug-likeness (QED) is 0.885. The minimum Gasteiger partial charge on any atom is -0.390 e. The molecule has 1 aliphatic heterocycles. The summed E-state index contributed by atoms with van der Waals surface area (Å²) in [5.74, 6) is 2.56. The summed E-state index contributed by atoms with van der Waals surface area (Å²) >= 11 is 1.61. The molecule has 2 aromatic heterocycles. The lowest BCUT2D eigenvalue weighted by Gasteiger charge is -2.31. The van der Waals surface area contributed by atoms with Crippen molar-refractivity contribution >= 4 is 16.5 Å². The Morgan fingerprint density at radius 2 is 2.04 bits per heavy atom. The van der Waals surface area contributed by atoms with E-state index in [1.165, 1.54) is 0 Å². The number of rotatable bonds is 5. The van der Waals surface area contributed by atoms with Crippen LogP contribution in [0.5, 0.6) is 0 Å². The Morgan fingerprint density at radius 3 is 2.65 bits per heavy atom. The summed E-state index contributed by atoms with van der Waals surface area (Å²) in [6.45, 7) is 2.77. The second-order valence-corrected chi connectivity index (χ2v) is 7.15. The smallest absolute Gasteiger partial charge is 0.185 e. The highest BCUT2D eigenvalue weighted by atomic mass is 32.1. The van der Waals surface area contributed by atoms with E-state index < -0.39 is 0 Å². The van der Waals surface area contributed by atoms with Crippen molar-refractivity contribution in [3.05, 3.63) is 22.7 Å². The van der Waals surface area contributed by atoms with Crippen molar-refractivity contribution in [2.75, 3.05) is 32.1 Å². The van der Waals surface area contributed by atoms with Crippen LogP contribution in [0, 0.1) is 0 Å². The average Bonchev–Trinajstić information content (AvgIpc) is 3.15. The van der Waals surface area contributed by atoms with Crippen LogP contribution >= 0.6 is 11.3 Å². The first-order chi connectivity index (χ1) is 11.1. The van der Waals surface area contributed by atoms with Gasteiger partial charge in [-0.05, 0) is 26.9 Å². The molecule has 2 aromatic rings. The van der Waals surface area contributed by atoms with Crippen molar-refractivity contribution in [2.24, 2.45) is 7.05 Å². The average molecular weight is 336 g/mol. The number of piperidine rings is 1. The predicted molar refractivity (Wildman–Crippen MR) is 90.6 cm³/mol. The lowest BCUT2D eigenvalue weighted by Crippen LogP contribution is -2.33. The maximum atomic E-state index is 9.14. The van der Waals surface area contributed by atoms with Crippen LogP contribution in [0.2, 0.25) is 0 Å². The molecule has 0 aliphatic carbocycles. The summed E-state index contributed by atoms with van der Waals surface area (Å²) in [5, 5.41) is 20.9. The van der Waals surface area contributed by atoms with Crippen molar-refractivity contribution in [2.45, 2.75) is 31.9 Å². The van der Waals surface area contributed by atoms with Gasteiger partial charge in [0, 0.05) is 31.4 Å². The van der Waals surface area contributed by atoms with Gasteiger partial charge in [0.25, 0.3) is 0 Å². The zero-order valence-electron chi connectivity index (χ0n) is 13.9. The minimum atomic E-state index is 0.0144. The van der Waals surface area contributed by atoms with Crippen LogP contribution in [0.15, 0.2) is 5.38 Å². The minimum absolute atomic E-state index is 0.0144. The second kappa shape index (κ2) is 6.94. The summed E-state index contributed by atoms with van der Waals surface area (Å²) in [6.07, 6.45) is 2.12. The van der Waals surface area contributed by atoms with Gasteiger partial charge < -0.3 is 19.5 Å². The van der Waals surface area contributed by atoms with Crippen molar-refractivity contribution < 1.29 is 5.11 Å². The zero-order chi connectivity index (χ0) is 16.4. The molecule has 3 rings (SSSR count). The van der Waals surface area contributed by atoms with E-state index >= 15 is 0 Å². The molecule has 126 valence electrons.